The largest absolute Gasteiger partial charge is 0.432 e. The molecule has 3 aromatic carbocycles. The molecule has 0 aliphatic heterocycles. The first-order chi connectivity index (χ1) is 11.9. The van der Waals surface area contributed by atoms with E-state index in [0.717, 1.165) is 22.5 Å². The van der Waals surface area contributed by atoms with Gasteiger partial charge < -0.3 is 4.42 Å². The Morgan fingerprint density at radius 3 is 2.50 bits per heavy atom. The maximum atomic E-state index is 5.55. The Bertz CT molecular complexity index is 1150. The van der Waals surface area contributed by atoms with Crippen LogP contribution in [0.15, 0.2) is 89.7 Å². The number of oxazole rings is 1. The number of aromatic nitrogens is 2. The second-order valence-corrected chi connectivity index (χ2v) is 5.76. The maximum Gasteiger partial charge on any atom is 0.306 e. The number of hydrogen-bond donors (Lipinski definition) is 0. The van der Waals surface area contributed by atoms with Gasteiger partial charge in [0.25, 0.3) is 0 Å². The van der Waals surface area contributed by atoms with E-state index in [0.29, 0.717) is 5.84 Å². The summed E-state index contributed by atoms with van der Waals surface area (Å²) < 4.78 is 7.56. The van der Waals surface area contributed by atoms with E-state index in [4.69, 9.17) is 9.40 Å². The van der Waals surface area contributed by atoms with E-state index in [1.54, 1.807) is 6.26 Å². The Kier molecular flexibility index (Phi) is 2.79. The molecule has 5 rings (SSSR count). The van der Waals surface area contributed by atoms with Crippen LogP contribution >= 0.6 is 0 Å². The van der Waals surface area contributed by atoms with Crippen LogP contribution in [0.2, 0.25) is 0 Å². The highest BCUT2D eigenvalue weighted by atomic mass is 16.3. The van der Waals surface area contributed by atoms with Crippen molar-refractivity contribution < 1.29 is 4.42 Å². The van der Waals surface area contributed by atoms with Crippen molar-refractivity contribution in [3.05, 3.63) is 85.3 Å². The van der Waals surface area contributed by atoms with E-state index < -0.39 is 0 Å². The molecule has 2 heterocycles. The smallest absolute Gasteiger partial charge is 0.306 e. The van der Waals surface area contributed by atoms with Crippen LogP contribution in [0.3, 0.4) is 0 Å². The average molecular weight is 310 g/mol. The van der Waals surface area contributed by atoms with Gasteiger partial charge in [-0.1, -0.05) is 72.8 Å². The maximum absolute atomic E-state index is 5.55. The van der Waals surface area contributed by atoms with E-state index in [1.165, 1.54) is 10.8 Å². The summed E-state index contributed by atoms with van der Waals surface area (Å²) in [6.45, 7) is 0. The fourth-order valence-corrected chi connectivity index (χ4v) is 3.27. The van der Waals surface area contributed by atoms with E-state index in [-0.39, 0.29) is 0 Å². The van der Waals surface area contributed by atoms with Gasteiger partial charge in [-0.3, -0.25) is 4.40 Å². The summed E-state index contributed by atoms with van der Waals surface area (Å²) in [5.41, 5.74) is 4.23. The van der Waals surface area contributed by atoms with Crippen molar-refractivity contribution in [2.75, 3.05) is 0 Å². The molecule has 0 amide bonds. The van der Waals surface area contributed by atoms with Crippen molar-refractivity contribution in [1.29, 1.82) is 0 Å². The van der Waals surface area contributed by atoms with Gasteiger partial charge >= 0.3 is 5.84 Å². The Balaban J connectivity index is 1.90. The van der Waals surface area contributed by atoms with Crippen LogP contribution in [0, 0.1) is 0 Å². The van der Waals surface area contributed by atoms with Gasteiger partial charge in [0.2, 0.25) is 0 Å². The number of benzene rings is 3. The first-order valence-corrected chi connectivity index (χ1v) is 7.91. The third-order valence-corrected chi connectivity index (χ3v) is 4.35. The molecule has 3 nitrogen and oxygen atoms in total. The van der Waals surface area contributed by atoms with E-state index in [2.05, 4.69) is 54.6 Å². The first kappa shape index (κ1) is 13.1. The zero-order valence-corrected chi connectivity index (χ0v) is 12.9. The van der Waals surface area contributed by atoms with Gasteiger partial charge in [0.15, 0.2) is 0 Å². The molecule has 0 atom stereocenters. The molecule has 114 valence electrons. The number of imidazole rings is 1. The van der Waals surface area contributed by atoms with Crippen LogP contribution in [0.4, 0.5) is 0 Å². The van der Waals surface area contributed by atoms with Crippen molar-refractivity contribution >= 4 is 16.6 Å². The molecular formula is C21H14N2O. The summed E-state index contributed by atoms with van der Waals surface area (Å²) in [6.07, 6.45) is 3.59. The summed E-state index contributed by atoms with van der Waals surface area (Å²) in [7, 11) is 0. The highest BCUT2D eigenvalue weighted by Gasteiger charge is 2.18. The zero-order chi connectivity index (χ0) is 15.9. The Morgan fingerprint density at radius 2 is 1.58 bits per heavy atom. The predicted octanol–water partition coefficient (Wildman–Crippen LogP) is 5.41. The number of hydrogen-bond acceptors (Lipinski definition) is 2. The molecule has 0 saturated heterocycles. The van der Waals surface area contributed by atoms with Crippen molar-refractivity contribution in [1.82, 2.24) is 9.38 Å². The normalized spacial score (nSPS) is 11.3. The third kappa shape index (κ3) is 1.88. The molecule has 0 fully saturated rings. The summed E-state index contributed by atoms with van der Waals surface area (Å²) in [6, 6.07) is 25.0. The summed E-state index contributed by atoms with van der Waals surface area (Å²) in [4.78, 5) is 4.72. The van der Waals surface area contributed by atoms with Crippen LogP contribution < -0.4 is 0 Å². The number of rotatable bonds is 2. The van der Waals surface area contributed by atoms with Gasteiger partial charge in [-0.2, -0.15) is 4.98 Å². The van der Waals surface area contributed by atoms with Gasteiger partial charge in [-0.05, 0) is 10.8 Å². The number of fused-ring (bicyclic) bond motifs is 2. The summed E-state index contributed by atoms with van der Waals surface area (Å²) in [5, 5.41) is 2.42. The second-order valence-electron chi connectivity index (χ2n) is 5.76. The molecule has 0 bridgehead atoms. The minimum absolute atomic E-state index is 0.608. The minimum Gasteiger partial charge on any atom is -0.432 e. The first-order valence-electron chi connectivity index (χ1n) is 7.91. The Labute approximate surface area is 138 Å². The van der Waals surface area contributed by atoms with Crippen molar-refractivity contribution in [2.45, 2.75) is 0 Å². The molecule has 0 unspecified atom stereocenters. The summed E-state index contributed by atoms with van der Waals surface area (Å²) >= 11 is 0. The van der Waals surface area contributed by atoms with Crippen molar-refractivity contribution in [3.63, 3.8) is 0 Å². The van der Waals surface area contributed by atoms with Crippen LogP contribution in [0.25, 0.3) is 39.1 Å². The van der Waals surface area contributed by atoms with Crippen molar-refractivity contribution in [3.8, 4) is 22.5 Å². The van der Waals surface area contributed by atoms with Gasteiger partial charge in [0.1, 0.15) is 12.0 Å². The molecule has 0 spiro atoms. The minimum atomic E-state index is 0.608. The lowest BCUT2D eigenvalue weighted by Gasteiger charge is -2.08. The van der Waals surface area contributed by atoms with Gasteiger partial charge in [-0.15, -0.1) is 0 Å². The molecule has 0 N–H and O–H groups in total. The van der Waals surface area contributed by atoms with Gasteiger partial charge in [-0.25, -0.2) is 0 Å². The van der Waals surface area contributed by atoms with Gasteiger partial charge in [0.05, 0.1) is 5.69 Å². The monoisotopic (exact) mass is 310 g/mol. The number of nitrogens with zero attached hydrogens (tertiary/aromatic N) is 2. The molecule has 0 aliphatic carbocycles. The van der Waals surface area contributed by atoms with E-state index in [9.17, 15) is 0 Å². The second kappa shape index (κ2) is 5.10. The third-order valence-electron chi connectivity index (χ3n) is 4.35. The molecule has 0 radical (unpaired) electrons. The predicted molar refractivity (Wildman–Crippen MR) is 95.8 cm³/mol. The lowest BCUT2D eigenvalue weighted by Crippen LogP contribution is -1.89. The van der Waals surface area contributed by atoms with Crippen LogP contribution in [0.1, 0.15) is 0 Å². The van der Waals surface area contributed by atoms with E-state index >= 15 is 0 Å². The summed E-state index contributed by atoms with van der Waals surface area (Å²) in [5.74, 6) is 0.608. The topological polar surface area (TPSA) is 30.4 Å². The van der Waals surface area contributed by atoms with Gasteiger partial charge in [0, 0.05) is 17.3 Å². The molecular weight excluding hydrogens is 296 g/mol. The van der Waals surface area contributed by atoms with Crippen molar-refractivity contribution in [2.24, 2.45) is 0 Å². The standard InChI is InChI=1S/C21H14N2O/c1-2-8-16(9-3-1)19-20(23-13-14-24-21(23)22-19)18-12-6-10-15-7-4-5-11-17(15)18/h1-14H. The Hall–Kier alpha value is -3.33. The van der Waals surface area contributed by atoms with Crippen LogP contribution in [-0.2, 0) is 0 Å². The quantitative estimate of drug-likeness (QED) is 0.436. The lowest BCUT2D eigenvalue weighted by molar-refractivity contribution is 0.596. The lowest BCUT2D eigenvalue weighted by atomic mass is 9.99. The SMILES string of the molecule is c1ccc(-c2nc3occn3c2-c2cccc3ccccc23)cc1. The molecule has 2 aromatic heterocycles. The zero-order valence-electron chi connectivity index (χ0n) is 12.9. The molecule has 0 aliphatic rings. The van der Waals surface area contributed by atoms with E-state index in [1.807, 2.05) is 28.8 Å². The Morgan fingerprint density at radius 1 is 0.792 bits per heavy atom. The highest BCUT2D eigenvalue weighted by molar-refractivity contribution is 5.99. The molecule has 0 saturated carbocycles. The fraction of sp³-hybridized carbons (Fsp3) is 0. The molecule has 5 aromatic rings. The van der Waals surface area contributed by atoms with Crippen LogP contribution in [0.5, 0.6) is 0 Å². The van der Waals surface area contributed by atoms with Crippen LogP contribution in [-0.4, -0.2) is 9.38 Å². The highest BCUT2D eigenvalue weighted by Crippen LogP contribution is 2.36. The average Bonchev–Trinajstić information content (AvgIpc) is 3.23. The molecule has 24 heavy (non-hydrogen) atoms. The fourth-order valence-electron chi connectivity index (χ4n) is 3.27. The molecule has 3 heteroatoms.